The Morgan fingerprint density at radius 3 is 2.58 bits per heavy atom. The van der Waals surface area contributed by atoms with Gasteiger partial charge >= 0.3 is 6.03 Å². The zero-order valence-electron chi connectivity index (χ0n) is 6.46. The Balaban J connectivity index is 2.46. The Hall–Kier alpha value is -1.36. The minimum atomic E-state index is -0.491. The van der Waals surface area contributed by atoms with E-state index in [1.54, 1.807) is 6.08 Å². The Kier molecular flexibility index (Phi) is 2.82. The third kappa shape index (κ3) is 2.06. The van der Waals surface area contributed by atoms with Crippen molar-refractivity contribution in [3.63, 3.8) is 0 Å². The van der Waals surface area contributed by atoms with Gasteiger partial charge in [0, 0.05) is 6.61 Å². The average Bonchev–Trinajstić information content (AvgIpc) is 2.31. The second-order valence-corrected chi connectivity index (χ2v) is 2.39. The van der Waals surface area contributed by atoms with E-state index in [9.17, 15) is 9.59 Å². The van der Waals surface area contributed by atoms with Crippen molar-refractivity contribution in [2.75, 3.05) is 6.61 Å². The molecule has 1 saturated heterocycles. The summed E-state index contributed by atoms with van der Waals surface area (Å²) in [5.74, 6) is -0.405. The van der Waals surface area contributed by atoms with E-state index in [-0.39, 0.29) is 12.3 Å². The first-order valence-electron chi connectivity index (χ1n) is 3.67. The van der Waals surface area contributed by atoms with Crippen molar-refractivity contribution in [3.8, 4) is 0 Å². The lowest BCUT2D eigenvalue weighted by Crippen LogP contribution is -2.22. The molecule has 1 aliphatic rings. The predicted octanol–water partition coefficient (Wildman–Crippen LogP) is -0.518. The molecule has 1 fully saturated rings. The van der Waals surface area contributed by atoms with Gasteiger partial charge < -0.3 is 10.4 Å². The molecule has 0 spiro atoms. The Morgan fingerprint density at radius 1 is 1.33 bits per heavy atom. The molecule has 5 heteroatoms. The van der Waals surface area contributed by atoms with Crippen molar-refractivity contribution < 1.29 is 14.7 Å². The number of carbonyl (C=O) groups is 2. The molecule has 0 unspecified atom stereocenters. The van der Waals surface area contributed by atoms with Crippen molar-refractivity contribution in [1.29, 1.82) is 0 Å². The van der Waals surface area contributed by atoms with Gasteiger partial charge in [-0.05, 0) is 12.8 Å². The summed E-state index contributed by atoms with van der Waals surface area (Å²) in [6.45, 7) is 0.0827. The summed E-state index contributed by atoms with van der Waals surface area (Å²) in [6, 6.07) is -0.491. The summed E-state index contributed by atoms with van der Waals surface area (Å²) < 4.78 is 0. The van der Waals surface area contributed by atoms with Crippen LogP contribution in [0.4, 0.5) is 4.79 Å². The number of allylic oxidation sites excluding steroid dienone is 1. The number of hydrogen-bond acceptors (Lipinski definition) is 3. The van der Waals surface area contributed by atoms with E-state index in [0.717, 1.165) is 0 Å². The van der Waals surface area contributed by atoms with Gasteiger partial charge in [0.05, 0.1) is 0 Å². The number of rotatable bonds is 3. The summed E-state index contributed by atoms with van der Waals surface area (Å²) in [4.78, 5) is 21.4. The molecule has 12 heavy (non-hydrogen) atoms. The standard InChI is InChI=1S/C7H10N2O3/c10-4-2-1-3-5-6(11)9-7(12)8-5/h3,10H,1-2,4H2,(H2,8,9,11,12)/b5-3-. The summed E-state index contributed by atoms with van der Waals surface area (Å²) in [6.07, 6.45) is 2.77. The van der Waals surface area contributed by atoms with E-state index in [1.807, 2.05) is 0 Å². The van der Waals surface area contributed by atoms with Gasteiger partial charge in [-0.25, -0.2) is 4.79 Å². The zero-order chi connectivity index (χ0) is 8.97. The van der Waals surface area contributed by atoms with Gasteiger partial charge in [0.15, 0.2) is 0 Å². The topological polar surface area (TPSA) is 78.4 Å². The number of unbranched alkanes of at least 4 members (excludes halogenated alkanes) is 1. The number of aliphatic hydroxyl groups excluding tert-OH is 1. The Bertz CT molecular complexity index is 235. The van der Waals surface area contributed by atoms with Crippen LogP contribution in [0.15, 0.2) is 11.8 Å². The van der Waals surface area contributed by atoms with E-state index in [1.165, 1.54) is 0 Å². The first-order valence-corrected chi connectivity index (χ1v) is 3.67. The Labute approximate surface area is 69.5 Å². The molecule has 0 atom stereocenters. The van der Waals surface area contributed by atoms with Crippen LogP contribution in [0, 0.1) is 0 Å². The Morgan fingerprint density at radius 2 is 2.08 bits per heavy atom. The molecule has 0 aromatic carbocycles. The molecular weight excluding hydrogens is 160 g/mol. The molecule has 0 aliphatic carbocycles. The van der Waals surface area contributed by atoms with Crippen LogP contribution in [-0.4, -0.2) is 23.7 Å². The monoisotopic (exact) mass is 170 g/mol. The molecule has 3 amide bonds. The quantitative estimate of drug-likeness (QED) is 0.303. The third-order valence-corrected chi connectivity index (χ3v) is 1.43. The van der Waals surface area contributed by atoms with Gasteiger partial charge in [-0.15, -0.1) is 0 Å². The van der Waals surface area contributed by atoms with Gasteiger partial charge in [-0.3, -0.25) is 10.1 Å². The van der Waals surface area contributed by atoms with Gasteiger partial charge in [0.2, 0.25) is 0 Å². The normalized spacial score (nSPS) is 19.6. The summed E-state index contributed by atoms with van der Waals surface area (Å²) in [7, 11) is 0. The summed E-state index contributed by atoms with van der Waals surface area (Å²) in [5, 5.41) is 12.9. The van der Waals surface area contributed by atoms with Crippen LogP contribution in [-0.2, 0) is 4.79 Å². The van der Waals surface area contributed by atoms with Crippen molar-refractivity contribution in [2.45, 2.75) is 12.8 Å². The highest BCUT2D eigenvalue weighted by Crippen LogP contribution is 2.00. The molecule has 66 valence electrons. The SMILES string of the molecule is O=C1NC(=O)/C(=C/CCCO)N1. The van der Waals surface area contributed by atoms with Crippen LogP contribution in [0.25, 0.3) is 0 Å². The highest BCUT2D eigenvalue weighted by Gasteiger charge is 2.21. The minimum Gasteiger partial charge on any atom is -0.396 e. The number of nitrogens with one attached hydrogen (secondary N) is 2. The van der Waals surface area contributed by atoms with E-state index in [4.69, 9.17) is 5.11 Å². The van der Waals surface area contributed by atoms with Crippen LogP contribution in [0.2, 0.25) is 0 Å². The fourth-order valence-electron chi connectivity index (χ4n) is 0.862. The van der Waals surface area contributed by atoms with E-state index in [2.05, 4.69) is 10.6 Å². The van der Waals surface area contributed by atoms with E-state index < -0.39 is 11.9 Å². The summed E-state index contributed by atoms with van der Waals surface area (Å²) >= 11 is 0. The van der Waals surface area contributed by atoms with Gasteiger partial charge in [0.1, 0.15) is 5.70 Å². The second-order valence-electron chi connectivity index (χ2n) is 2.39. The lowest BCUT2D eigenvalue weighted by Gasteiger charge is -1.92. The molecule has 3 N–H and O–H groups in total. The van der Waals surface area contributed by atoms with Crippen molar-refractivity contribution in [3.05, 3.63) is 11.8 Å². The molecular formula is C7H10N2O3. The smallest absolute Gasteiger partial charge is 0.326 e. The molecule has 0 aromatic rings. The van der Waals surface area contributed by atoms with Crippen LogP contribution in [0.3, 0.4) is 0 Å². The van der Waals surface area contributed by atoms with Gasteiger partial charge in [0.25, 0.3) is 5.91 Å². The zero-order valence-corrected chi connectivity index (χ0v) is 6.46. The van der Waals surface area contributed by atoms with Crippen molar-refractivity contribution >= 4 is 11.9 Å². The van der Waals surface area contributed by atoms with Crippen LogP contribution < -0.4 is 10.6 Å². The molecule has 0 bridgehead atoms. The number of carbonyl (C=O) groups excluding carboxylic acids is 2. The summed E-state index contributed by atoms with van der Waals surface area (Å²) in [5.41, 5.74) is 0.272. The lowest BCUT2D eigenvalue weighted by atomic mass is 10.2. The largest absolute Gasteiger partial charge is 0.396 e. The molecule has 1 heterocycles. The van der Waals surface area contributed by atoms with Crippen LogP contribution in [0.5, 0.6) is 0 Å². The van der Waals surface area contributed by atoms with E-state index >= 15 is 0 Å². The fourth-order valence-corrected chi connectivity index (χ4v) is 0.862. The predicted molar refractivity (Wildman–Crippen MR) is 41.1 cm³/mol. The number of urea groups is 1. The first kappa shape index (κ1) is 8.73. The highest BCUT2D eigenvalue weighted by molar-refractivity contribution is 6.11. The van der Waals surface area contributed by atoms with E-state index in [0.29, 0.717) is 12.8 Å². The minimum absolute atomic E-state index is 0.0827. The van der Waals surface area contributed by atoms with Crippen LogP contribution >= 0.6 is 0 Å². The molecule has 0 radical (unpaired) electrons. The molecule has 0 saturated carbocycles. The fraction of sp³-hybridized carbons (Fsp3) is 0.429. The number of imide groups is 1. The van der Waals surface area contributed by atoms with Gasteiger partial charge in [-0.1, -0.05) is 6.08 Å². The number of aliphatic hydroxyl groups is 1. The number of hydrogen-bond donors (Lipinski definition) is 3. The molecule has 0 aromatic heterocycles. The van der Waals surface area contributed by atoms with Crippen molar-refractivity contribution in [2.24, 2.45) is 0 Å². The van der Waals surface area contributed by atoms with Gasteiger partial charge in [-0.2, -0.15) is 0 Å². The molecule has 1 rings (SSSR count). The number of amides is 3. The first-order chi connectivity index (χ1) is 5.74. The maximum atomic E-state index is 10.9. The lowest BCUT2D eigenvalue weighted by molar-refractivity contribution is -0.115. The second kappa shape index (κ2) is 3.87. The average molecular weight is 170 g/mol. The highest BCUT2D eigenvalue weighted by atomic mass is 16.3. The maximum absolute atomic E-state index is 10.9. The third-order valence-electron chi connectivity index (χ3n) is 1.43. The molecule has 1 aliphatic heterocycles. The van der Waals surface area contributed by atoms with Crippen LogP contribution in [0.1, 0.15) is 12.8 Å². The maximum Gasteiger partial charge on any atom is 0.326 e. The van der Waals surface area contributed by atoms with Crippen molar-refractivity contribution in [1.82, 2.24) is 10.6 Å². The molecule has 5 nitrogen and oxygen atoms in total.